The Bertz CT molecular complexity index is 1010. The molecule has 0 atom stereocenters. The number of halogens is 3. The highest BCUT2D eigenvalue weighted by Crippen LogP contribution is 2.29. The molecule has 2 N–H and O–H groups in total. The molecule has 1 heterocycles. The fraction of sp³-hybridized carbons (Fsp3) is 0.143. The summed E-state index contributed by atoms with van der Waals surface area (Å²) in [5.74, 6) is -0.722. The normalized spacial score (nSPS) is 11.2. The second-order valence-electron chi connectivity index (χ2n) is 6.34. The summed E-state index contributed by atoms with van der Waals surface area (Å²) in [5, 5.41) is 5.33. The molecule has 1 aromatic heterocycles. The molecule has 8 heteroatoms. The van der Waals surface area contributed by atoms with Gasteiger partial charge < -0.3 is 15.1 Å². The molecule has 2 aromatic carbocycles. The van der Waals surface area contributed by atoms with E-state index < -0.39 is 23.6 Å². The average molecular weight is 402 g/mol. The molecule has 0 aliphatic carbocycles. The molecule has 2 amide bonds. The predicted octanol–water partition coefficient (Wildman–Crippen LogP) is 4.79. The van der Waals surface area contributed by atoms with E-state index in [2.05, 4.69) is 10.6 Å². The van der Waals surface area contributed by atoms with Gasteiger partial charge in [0.1, 0.15) is 0 Å². The lowest BCUT2D eigenvalue weighted by Gasteiger charge is -2.11. The Morgan fingerprint density at radius 2 is 1.72 bits per heavy atom. The van der Waals surface area contributed by atoms with Crippen LogP contribution in [0.1, 0.15) is 37.6 Å². The van der Waals surface area contributed by atoms with Gasteiger partial charge >= 0.3 is 6.18 Å². The Morgan fingerprint density at radius 3 is 2.34 bits per heavy atom. The van der Waals surface area contributed by atoms with Crippen LogP contribution in [0.4, 0.5) is 18.9 Å². The standard InChI is InChI=1S/C21H17F3N2O3/c1-13-4-7-15(11-17(13)26-20(28)18-3-2-10-29-18)19(27)25-12-14-5-8-16(9-6-14)21(22,23)24/h2-11H,12H2,1H3,(H,25,27)(H,26,28). The first-order chi connectivity index (χ1) is 13.7. The van der Waals surface area contributed by atoms with Crippen molar-refractivity contribution in [1.82, 2.24) is 5.32 Å². The molecule has 0 spiro atoms. The molecule has 29 heavy (non-hydrogen) atoms. The van der Waals surface area contributed by atoms with Gasteiger partial charge in [0, 0.05) is 17.8 Å². The minimum atomic E-state index is -4.40. The molecule has 0 bridgehead atoms. The summed E-state index contributed by atoms with van der Waals surface area (Å²) < 4.78 is 42.8. The minimum absolute atomic E-state index is 0.0684. The fourth-order valence-corrected chi connectivity index (χ4v) is 2.59. The highest BCUT2D eigenvalue weighted by atomic mass is 19.4. The molecule has 0 aliphatic heterocycles. The van der Waals surface area contributed by atoms with E-state index in [1.54, 1.807) is 25.1 Å². The third-order valence-corrected chi connectivity index (χ3v) is 4.23. The van der Waals surface area contributed by atoms with Crippen LogP contribution in [0.3, 0.4) is 0 Å². The van der Waals surface area contributed by atoms with Crippen molar-refractivity contribution in [2.75, 3.05) is 5.32 Å². The van der Waals surface area contributed by atoms with Crippen molar-refractivity contribution >= 4 is 17.5 Å². The average Bonchev–Trinajstić information content (AvgIpc) is 3.22. The quantitative estimate of drug-likeness (QED) is 0.645. The number of carbonyl (C=O) groups excluding carboxylic acids is 2. The highest BCUT2D eigenvalue weighted by Gasteiger charge is 2.29. The number of furan rings is 1. The van der Waals surface area contributed by atoms with E-state index in [9.17, 15) is 22.8 Å². The van der Waals surface area contributed by atoms with Crippen molar-refractivity contribution < 1.29 is 27.2 Å². The molecule has 0 aliphatic rings. The Morgan fingerprint density at radius 1 is 1.00 bits per heavy atom. The summed E-state index contributed by atoms with van der Waals surface area (Å²) in [7, 11) is 0. The number of anilines is 1. The Labute approximate surface area is 164 Å². The van der Waals surface area contributed by atoms with E-state index in [0.29, 0.717) is 16.8 Å². The van der Waals surface area contributed by atoms with Crippen molar-refractivity contribution in [2.24, 2.45) is 0 Å². The van der Waals surface area contributed by atoms with Crippen LogP contribution in [0.5, 0.6) is 0 Å². The van der Waals surface area contributed by atoms with E-state index >= 15 is 0 Å². The van der Waals surface area contributed by atoms with Gasteiger partial charge in [0.25, 0.3) is 11.8 Å². The van der Waals surface area contributed by atoms with Crippen LogP contribution in [0.15, 0.2) is 65.3 Å². The van der Waals surface area contributed by atoms with E-state index in [1.807, 2.05) is 0 Å². The monoisotopic (exact) mass is 402 g/mol. The second kappa shape index (κ2) is 8.22. The number of carbonyl (C=O) groups is 2. The fourth-order valence-electron chi connectivity index (χ4n) is 2.59. The van der Waals surface area contributed by atoms with E-state index in [1.165, 1.54) is 30.5 Å². The van der Waals surface area contributed by atoms with Gasteiger partial charge in [-0.3, -0.25) is 9.59 Å². The Kier molecular flexibility index (Phi) is 5.72. The number of aryl methyl sites for hydroxylation is 1. The zero-order valence-electron chi connectivity index (χ0n) is 15.3. The first kappa shape index (κ1) is 20.2. The van der Waals surface area contributed by atoms with Crippen molar-refractivity contribution in [1.29, 1.82) is 0 Å². The van der Waals surface area contributed by atoms with Gasteiger partial charge in [0.15, 0.2) is 5.76 Å². The van der Waals surface area contributed by atoms with Crippen LogP contribution in [-0.2, 0) is 12.7 Å². The number of amides is 2. The summed E-state index contributed by atoms with van der Waals surface area (Å²) in [6.45, 7) is 1.85. The van der Waals surface area contributed by atoms with Crippen LogP contribution < -0.4 is 10.6 Å². The topological polar surface area (TPSA) is 71.3 Å². The summed E-state index contributed by atoms with van der Waals surface area (Å²) in [4.78, 5) is 24.5. The number of hydrogen-bond acceptors (Lipinski definition) is 3. The van der Waals surface area contributed by atoms with Crippen LogP contribution in [-0.4, -0.2) is 11.8 Å². The molecular formula is C21H17F3N2O3. The maximum Gasteiger partial charge on any atom is 0.416 e. The number of benzene rings is 2. The predicted molar refractivity (Wildman–Crippen MR) is 100 cm³/mol. The lowest BCUT2D eigenvalue weighted by Crippen LogP contribution is -2.23. The van der Waals surface area contributed by atoms with Gasteiger partial charge in [0.05, 0.1) is 11.8 Å². The van der Waals surface area contributed by atoms with Crippen LogP contribution >= 0.6 is 0 Å². The smallest absolute Gasteiger partial charge is 0.416 e. The zero-order chi connectivity index (χ0) is 21.0. The third-order valence-electron chi connectivity index (χ3n) is 4.23. The Balaban J connectivity index is 1.65. The number of hydrogen-bond donors (Lipinski definition) is 2. The number of nitrogens with one attached hydrogen (secondary N) is 2. The maximum absolute atomic E-state index is 12.6. The molecule has 150 valence electrons. The van der Waals surface area contributed by atoms with Crippen molar-refractivity contribution in [3.05, 3.63) is 88.9 Å². The zero-order valence-corrected chi connectivity index (χ0v) is 15.3. The minimum Gasteiger partial charge on any atom is -0.459 e. The van der Waals surface area contributed by atoms with E-state index in [-0.39, 0.29) is 12.3 Å². The maximum atomic E-state index is 12.6. The van der Waals surface area contributed by atoms with Gasteiger partial charge in [-0.15, -0.1) is 0 Å². The summed E-state index contributed by atoms with van der Waals surface area (Å²) in [5.41, 5.74) is 1.29. The molecular weight excluding hydrogens is 385 g/mol. The number of alkyl halides is 3. The molecule has 0 saturated carbocycles. The third kappa shape index (κ3) is 5.04. The molecule has 0 saturated heterocycles. The second-order valence-corrected chi connectivity index (χ2v) is 6.34. The lowest BCUT2D eigenvalue weighted by molar-refractivity contribution is -0.137. The molecule has 5 nitrogen and oxygen atoms in total. The van der Waals surface area contributed by atoms with E-state index in [4.69, 9.17) is 4.42 Å². The summed E-state index contributed by atoms with van der Waals surface area (Å²) >= 11 is 0. The van der Waals surface area contributed by atoms with Gasteiger partial charge in [0.2, 0.25) is 0 Å². The lowest BCUT2D eigenvalue weighted by atomic mass is 10.1. The highest BCUT2D eigenvalue weighted by molar-refractivity contribution is 6.03. The van der Waals surface area contributed by atoms with E-state index in [0.717, 1.165) is 17.7 Å². The SMILES string of the molecule is Cc1ccc(C(=O)NCc2ccc(C(F)(F)F)cc2)cc1NC(=O)c1ccco1. The molecule has 0 radical (unpaired) electrons. The largest absolute Gasteiger partial charge is 0.459 e. The number of rotatable bonds is 5. The van der Waals surface area contributed by atoms with Crippen LogP contribution in [0.25, 0.3) is 0 Å². The van der Waals surface area contributed by atoms with Gasteiger partial charge in [-0.25, -0.2) is 0 Å². The molecule has 3 aromatic rings. The van der Waals surface area contributed by atoms with Gasteiger partial charge in [-0.05, 0) is 54.4 Å². The van der Waals surface area contributed by atoms with Gasteiger partial charge in [-0.1, -0.05) is 18.2 Å². The molecule has 0 fully saturated rings. The van der Waals surface area contributed by atoms with Gasteiger partial charge in [-0.2, -0.15) is 13.2 Å². The van der Waals surface area contributed by atoms with Crippen molar-refractivity contribution in [3.63, 3.8) is 0 Å². The van der Waals surface area contributed by atoms with Crippen molar-refractivity contribution in [2.45, 2.75) is 19.6 Å². The first-order valence-electron chi connectivity index (χ1n) is 8.64. The Hall–Kier alpha value is -3.55. The summed E-state index contributed by atoms with van der Waals surface area (Å²) in [6, 6.07) is 12.5. The van der Waals surface area contributed by atoms with Crippen LogP contribution in [0, 0.1) is 6.92 Å². The van der Waals surface area contributed by atoms with Crippen molar-refractivity contribution in [3.8, 4) is 0 Å². The molecule has 0 unspecified atom stereocenters. The summed E-state index contributed by atoms with van der Waals surface area (Å²) in [6.07, 6.45) is -3.02. The first-order valence-corrected chi connectivity index (χ1v) is 8.64. The van der Waals surface area contributed by atoms with Crippen LogP contribution in [0.2, 0.25) is 0 Å². The molecule has 3 rings (SSSR count).